The average molecular weight is 399 g/mol. The molecule has 2 rings (SSSR count). The number of rotatable bonds is 5. The number of benzene rings is 2. The highest BCUT2D eigenvalue weighted by Crippen LogP contribution is 2.29. The van der Waals surface area contributed by atoms with Crippen molar-refractivity contribution in [3.8, 4) is 11.5 Å². The summed E-state index contributed by atoms with van der Waals surface area (Å²) in [4.78, 5) is 12.5. The van der Waals surface area contributed by atoms with Crippen molar-refractivity contribution in [2.45, 2.75) is 20.0 Å². The second kappa shape index (κ2) is 7.70. The lowest BCUT2D eigenvalue weighted by atomic mass is 10.1. The summed E-state index contributed by atoms with van der Waals surface area (Å²) in [7, 11) is 1.54. The van der Waals surface area contributed by atoms with E-state index in [1.54, 1.807) is 30.3 Å². The van der Waals surface area contributed by atoms with Gasteiger partial charge in [-0.2, -0.15) is 0 Å². The first-order valence-electron chi connectivity index (χ1n) is 7.02. The fourth-order valence-corrected chi connectivity index (χ4v) is 2.60. The minimum atomic E-state index is -0.275. The number of hydrogen-bond acceptors (Lipinski definition) is 3. The van der Waals surface area contributed by atoms with Gasteiger partial charge in [-0.05, 0) is 50.2 Å². The molecule has 0 bridgehead atoms. The van der Waals surface area contributed by atoms with E-state index in [0.717, 1.165) is 4.47 Å². The molecule has 1 amide bonds. The van der Waals surface area contributed by atoms with Crippen LogP contribution in [0.5, 0.6) is 11.5 Å². The van der Waals surface area contributed by atoms with Gasteiger partial charge in [0.1, 0.15) is 11.5 Å². The summed E-state index contributed by atoms with van der Waals surface area (Å²) in [5, 5.41) is 3.24. The molecule has 0 aliphatic heterocycles. The van der Waals surface area contributed by atoms with Crippen LogP contribution in [0.2, 0.25) is 5.02 Å². The fourth-order valence-electron chi connectivity index (χ4n) is 1.98. The van der Waals surface area contributed by atoms with E-state index < -0.39 is 0 Å². The first kappa shape index (κ1) is 17.6. The summed E-state index contributed by atoms with van der Waals surface area (Å²) in [6.07, 6.45) is -0.0295. The molecule has 0 radical (unpaired) electrons. The lowest BCUT2D eigenvalue weighted by molar-refractivity contribution is 0.102. The summed E-state index contributed by atoms with van der Waals surface area (Å²) in [6, 6.07) is 10.4. The van der Waals surface area contributed by atoms with Crippen LogP contribution in [0, 0.1) is 0 Å². The highest BCUT2D eigenvalue weighted by molar-refractivity contribution is 9.10. The maximum atomic E-state index is 12.5. The Balaban J connectivity index is 2.26. The summed E-state index contributed by atoms with van der Waals surface area (Å²) in [6.45, 7) is 3.82. The Morgan fingerprint density at radius 2 is 1.87 bits per heavy atom. The number of amides is 1. The predicted molar refractivity (Wildman–Crippen MR) is 95.9 cm³/mol. The minimum absolute atomic E-state index is 0.0295. The van der Waals surface area contributed by atoms with Gasteiger partial charge in [0.25, 0.3) is 5.91 Å². The number of halogens is 2. The Hall–Kier alpha value is -1.72. The first-order valence-corrected chi connectivity index (χ1v) is 8.19. The first-order chi connectivity index (χ1) is 10.9. The highest BCUT2D eigenvalue weighted by Gasteiger charge is 2.15. The van der Waals surface area contributed by atoms with E-state index in [9.17, 15) is 4.79 Å². The number of ether oxygens (including phenoxy) is 2. The number of carbonyl (C=O) groups excluding carboxylic acids is 1. The molecular weight excluding hydrogens is 382 g/mol. The second-order valence-electron chi connectivity index (χ2n) is 5.11. The van der Waals surface area contributed by atoms with Gasteiger partial charge in [0.2, 0.25) is 0 Å². The van der Waals surface area contributed by atoms with Gasteiger partial charge in [0.05, 0.1) is 23.8 Å². The molecule has 2 aromatic rings. The van der Waals surface area contributed by atoms with Crippen molar-refractivity contribution in [3.05, 3.63) is 51.5 Å². The molecule has 0 spiro atoms. The lowest BCUT2D eigenvalue weighted by Crippen LogP contribution is -2.15. The second-order valence-corrected chi connectivity index (χ2v) is 6.43. The van der Waals surface area contributed by atoms with Gasteiger partial charge in [-0.3, -0.25) is 4.79 Å². The number of nitrogens with one attached hydrogen (secondary N) is 1. The van der Waals surface area contributed by atoms with Crippen LogP contribution in [0.15, 0.2) is 40.9 Å². The number of methoxy groups -OCH3 is 1. The Morgan fingerprint density at radius 3 is 2.48 bits per heavy atom. The topological polar surface area (TPSA) is 47.6 Å². The quantitative estimate of drug-likeness (QED) is 0.757. The van der Waals surface area contributed by atoms with Crippen molar-refractivity contribution >= 4 is 39.1 Å². The van der Waals surface area contributed by atoms with Crippen LogP contribution in [0.4, 0.5) is 5.69 Å². The van der Waals surface area contributed by atoms with Crippen molar-refractivity contribution in [1.82, 2.24) is 0 Å². The van der Waals surface area contributed by atoms with Gasteiger partial charge >= 0.3 is 0 Å². The van der Waals surface area contributed by atoms with Crippen LogP contribution in [-0.4, -0.2) is 19.1 Å². The van der Waals surface area contributed by atoms with E-state index in [0.29, 0.717) is 27.8 Å². The molecule has 0 aliphatic carbocycles. The molecule has 4 nitrogen and oxygen atoms in total. The molecule has 122 valence electrons. The number of anilines is 1. The average Bonchev–Trinajstić information content (AvgIpc) is 2.48. The van der Waals surface area contributed by atoms with Gasteiger partial charge < -0.3 is 14.8 Å². The van der Waals surface area contributed by atoms with Crippen LogP contribution in [-0.2, 0) is 0 Å². The minimum Gasteiger partial charge on any atom is -0.495 e. The van der Waals surface area contributed by atoms with Gasteiger partial charge in [0.15, 0.2) is 0 Å². The van der Waals surface area contributed by atoms with E-state index in [1.807, 2.05) is 19.9 Å². The molecule has 2 aromatic carbocycles. The molecule has 0 saturated heterocycles. The third-order valence-corrected chi connectivity index (χ3v) is 3.75. The van der Waals surface area contributed by atoms with Gasteiger partial charge in [-0.1, -0.05) is 27.5 Å². The maximum Gasteiger partial charge on any atom is 0.259 e. The molecule has 0 aromatic heterocycles. The van der Waals surface area contributed by atoms with Crippen LogP contribution in [0.3, 0.4) is 0 Å². The molecule has 0 heterocycles. The molecule has 0 aliphatic rings. The molecule has 23 heavy (non-hydrogen) atoms. The summed E-state index contributed by atoms with van der Waals surface area (Å²) >= 11 is 9.45. The molecule has 0 fully saturated rings. The number of carbonyl (C=O) groups is 1. The van der Waals surface area contributed by atoms with E-state index in [4.69, 9.17) is 21.1 Å². The van der Waals surface area contributed by atoms with Crippen molar-refractivity contribution in [3.63, 3.8) is 0 Å². The Labute approximate surface area is 148 Å². The lowest BCUT2D eigenvalue weighted by Gasteiger charge is -2.15. The van der Waals surface area contributed by atoms with Crippen molar-refractivity contribution in [2.24, 2.45) is 0 Å². The zero-order chi connectivity index (χ0) is 17.0. The number of hydrogen-bond donors (Lipinski definition) is 1. The third-order valence-electron chi connectivity index (χ3n) is 2.96. The third kappa shape index (κ3) is 4.62. The molecular formula is C17H17BrClNO3. The molecule has 0 saturated carbocycles. The predicted octanol–water partition coefficient (Wildman–Crippen LogP) is 5.15. The molecule has 6 heteroatoms. The van der Waals surface area contributed by atoms with Crippen LogP contribution in [0.25, 0.3) is 0 Å². The van der Waals surface area contributed by atoms with Crippen molar-refractivity contribution in [1.29, 1.82) is 0 Å². The van der Waals surface area contributed by atoms with Crippen LogP contribution in [0.1, 0.15) is 24.2 Å². The maximum absolute atomic E-state index is 12.5. The Kier molecular flexibility index (Phi) is 5.91. The Bertz CT molecular complexity index is 719. The van der Waals surface area contributed by atoms with Crippen LogP contribution >= 0.6 is 27.5 Å². The smallest absolute Gasteiger partial charge is 0.259 e. The van der Waals surface area contributed by atoms with Gasteiger partial charge in [-0.15, -0.1) is 0 Å². The van der Waals surface area contributed by atoms with E-state index in [-0.39, 0.29) is 12.0 Å². The van der Waals surface area contributed by atoms with E-state index in [1.165, 1.54) is 7.11 Å². The highest BCUT2D eigenvalue weighted by atomic mass is 79.9. The van der Waals surface area contributed by atoms with Crippen molar-refractivity contribution < 1.29 is 14.3 Å². The monoisotopic (exact) mass is 397 g/mol. The Morgan fingerprint density at radius 1 is 1.17 bits per heavy atom. The van der Waals surface area contributed by atoms with E-state index in [2.05, 4.69) is 21.2 Å². The summed E-state index contributed by atoms with van der Waals surface area (Å²) < 4.78 is 11.6. The molecule has 1 N–H and O–H groups in total. The van der Waals surface area contributed by atoms with Gasteiger partial charge in [-0.25, -0.2) is 0 Å². The van der Waals surface area contributed by atoms with Gasteiger partial charge in [0, 0.05) is 10.2 Å². The van der Waals surface area contributed by atoms with Crippen LogP contribution < -0.4 is 14.8 Å². The largest absolute Gasteiger partial charge is 0.495 e. The summed E-state index contributed by atoms with van der Waals surface area (Å²) in [5.41, 5.74) is 1.02. The van der Waals surface area contributed by atoms with E-state index >= 15 is 0 Å². The van der Waals surface area contributed by atoms with Crippen molar-refractivity contribution in [2.75, 3.05) is 12.4 Å². The molecule has 0 unspecified atom stereocenters. The summed E-state index contributed by atoms with van der Waals surface area (Å²) in [5.74, 6) is 0.805. The zero-order valence-corrected chi connectivity index (χ0v) is 15.4. The SMILES string of the molecule is COc1ccc(NC(=O)c2cc(Br)ccc2OC(C)C)cc1Cl. The fraction of sp³-hybridized carbons (Fsp3) is 0.235. The standard InChI is InChI=1S/C17H17BrClNO3/c1-10(2)23-15-6-4-11(18)8-13(15)17(21)20-12-5-7-16(22-3)14(19)9-12/h4-10H,1-3H3,(H,20,21). The molecule has 0 atom stereocenters. The zero-order valence-electron chi connectivity index (χ0n) is 13.0. The normalized spacial score (nSPS) is 10.5.